The average Bonchev–Trinajstić information content (AvgIpc) is 2.71. The maximum atomic E-state index is 12.6. The lowest BCUT2D eigenvalue weighted by Crippen LogP contribution is -2.33. The fourth-order valence-electron chi connectivity index (χ4n) is 2.66. The van der Waals surface area contributed by atoms with Crippen LogP contribution in [-0.4, -0.2) is 28.9 Å². The number of rotatable bonds is 1. The molecule has 0 atom stereocenters. The summed E-state index contributed by atoms with van der Waals surface area (Å²) in [5.41, 5.74) is 9.15. The number of carbonyl (C=O) groups is 1. The van der Waals surface area contributed by atoms with Gasteiger partial charge in [-0.25, -0.2) is 4.98 Å². The first-order valence-corrected chi connectivity index (χ1v) is 7.30. The second kappa shape index (κ2) is 5.74. The summed E-state index contributed by atoms with van der Waals surface area (Å²) in [6.45, 7) is 1.36. The first kappa shape index (κ1) is 13.9. The molecule has 0 spiro atoms. The highest BCUT2D eigenvalue weighted by atomic mass is 35.5. The molecular formula is C16H16ClN3O. The Hall–Kier alpha value is -2.07. The van der Waals surface area contributed by atoms with Gasteiger partial charge < -0.3 is 10.6 Å². The summed E-state index contributed by atoms with van der Waals surface area (Å²) in [6, 6.07) is 9.91. The van der Waals surface area contributed by atoms with E-state index in [1.54, 1.807) is 6.07 Å². The van der Waals surface area contributed by atoms with Crippen LogP contribution in [0.15, 0.2) is 36.5 Å². The van der Waals surface area contributed by atoms with Crippen molar-refractivity contribution in [3.63, 3.8) is 0 Å². The van der Waals surface area contributed by atoms with Crippen LogP contribution in [0.4, 0.5) is 5.69 Å². The van der Waals surface area contributed by atoms with Gasteiger partial charge in [0.1, 0.15) is 5.15 Å². The fourth-order valence-corrected chi connectivity index (χ4v) is 2.84. The first-order chi connectivity index (χ1) is 10.1. The van der Waals surface area contributed by atoms with Gasteiger partial charge in [-0.15, -0.1) is 0 Å². The minimum Gasteiger partial charge on any atom is -0.397 e. The van der Waals surface area contributed by atoms with Crippen LogP contribution in [0.1, 0.15) is 21.5 Å². The van der Waals surface area contributed by atoms with Crippen molar-refractivity contribution >= 4 is 23.2 Å². The Kier molecular flexibility index (Phi) is 3.80. The minimum absolute atomic E-state index is 0.104. The second-order valence-electron chi connectivity index (χ2n) is 5.17. The van der Waals surface area contributed by atoms with Crippen molar-refractivity contribution in [1.29, 1.82) is 0 Å². The third-order valence-corrected chi connectivity index (χ3v) is 4.10. The Bertz CT molecular complexity index is 660. The number of hydrogen-bond acceptors (Lipinski definition) is 3. The molecule has 108 valence electrons. The molecule has 21 heavy (non-hydrogen) atoms. The summed E-state index contributed by atoms with van der Waals surface area (Å²) >= 11 is 6.03. The molecule has 1 aliphatic heterocycles. The van der Waals surface area contributed by atoms with E-state index in [4.69, 9.17) is 17.3 Å². The largest absolute Gasteiger partial charge is 0.397 e. The molecule has 0 saturated heterocycles. The molecule has 2 N–H and O–H groups in total. The van der Waals surface area contributed by atoms with Gasteiger partial charge >= 0.3 is 0 Å². The standard InChI is InChI=1S/C16H16ClN3O/c17-15-14(9-13(18)10-19-15)16(21)20-7-5-11-3-1-2-4-12(11)6-8-20/h1-4,9-10H,5-8,18H2. The molecule has 0 unspecified atom stereocenters. The molecule has 1 aromatic carbocycles. The topological polar surface area (TPSA) is 59.2 Å². The summed E-state index contributed by atoms with van der Waals surface area (Å²) in [6.07, 6.45) is 3.17. The van der Waals surface area contributed by atoms with Gasteiger partial charge in [0.15, 0.2) is 0 Å². The van der Waals surface area contributed by atoms with Gasteiger partial charge in [-0.05, 0) is 30.0 Å². The van der Waals surface area contributed by atoms with Crippen LogP contribution in [0.5, 0.6) is 0 Å². The molecular weight excluding hydrogens is 286 g/mol. The van der Waals surface area contributed by atoms with Gasteiger partial charge in [0.2, 0.25) is 0 Å². The number of nitrogen functional groups attached to an aromatic ring is 1. The molecule has 4 nitrogen and oxygen atoms in total. The van der Waals surface area contributed by atoms with Crippen LogP contribution >= 0.6 is 11.6 Å². The van der Waals surface area contributed by atoms with Crippen molar-refractivity contribution in [2.75, 3.05) is 18.8 Å². The van der Waals surface area contributed by atoms with Gasteiger partial charge in [0, 0.05) is 13.1 Å². The number of carbonyl (C=O) groups excluding carboxylic acids is 1. The molecule has 1 amide bonds. The summed E-state index contributed by atoms with van der Waals surface area (Å²) in [5.74, 6) is -0.104. The SMILES string of the molecule is Nc1cnc(Cl)c(C(=O)N2CCc3ccccc3CC2)c1. The molecule has 0 aliphatic carbocycles. The van der Waals surface area contributed by atoms with Crippen molar-refractivity contribution in [1.82, 2.24) is 9.88 Å². The minimum atomic E-state index is -0.104. The van der Waals surface area contributed by atoms with E-state index in [9.17, 15) is 4.79 Å². The van der Waals surface area contributed by atoms with Gasteiger partial charge in [-0.1, -0.05) is 35.9 Å². The van der Waals surface area contributed by atoms with Crippen molar-refractivity contribution in [3.05, 3.63) is 58.4 Å². The van der Waals surface area contributed by atoms with Crippen molar-refractivity contribution in [3.8, 4) is 0 Å². The third kappa shape index (κ3) is 2.85. The number of amides is 1. The van der Waals surface area contributed by atoms with Crippen LogP contribution in [0, 0.1) is 0 Å². The smallest absolute Gasteiger partial charge is 0.257 e. The zero-order valence-electron chi connectivity index (χ0n) is 11.6. The van der Waals surface area contributed by atoms with Gasteiger partial charge in [-0.2, -0.15) is 0 Å². The molecule has 2 aromatic rings. The predicted octanol–water partition coefficient (Wildman–Crippen LogP) is 2.56. The maximum absolute atomic E-state index is 12.6. The van der Waals surface area contributed by atoms with Crippen molar-refractivity contribution in [2.24, 2.45) is 0 Å². The van der Waals surface area contributed by atoms with E-state index in [2.05, 4.69) is 17.1 Å². The highest BCUT2D eigenvalue weighted by molar-refractivity contribution is 6.32. The molecule has 3 rings (SSSR count). The highest BCUT2D eigenvalue weighted by Gasteiger charge is 2.22. The number of benzene rings is 1. The first-order valence-electron chi connectivity index (χ1n) is 6.92. The molecule has 5 heteroatoms. The molecule has 0 radical (unpaired) electrons. The fraction of sp³-hybridized carbons (Fsp3) is 0.250. The van der Waals surface area contributed by atoms with E-state index < -0.39 is 0 Å². The van der Waals surface area contributed by atoms with Gasteiger partial charge in [0.05, 0.1) is 17.4 Å². The van der Waals surface area contributed by atoms with E-state index in [1.807, 2.05) is 17.0 Å². The monoisotopic (exact) mass is 301 g/mol. The number of nitrogens with two attached hydrogens (primary N) is 1. The third-order valence-electron chi connectivity index (χ3n) is 3.80. The average molecular weight is 302 g/mol. The van der Waals surface area contributed by atoms with Crippen molar-refractivity contribution in [2.45, 2.75) is 12.8 Å². The van der Waals surface area contributed by atoms with Crippen LogP contribution in [-0.2, 0) is 12.8 Å². The zero-order valence-corrected chi connectivity index (χ0v) is 12.3. The van der Waals surface area contributed by atoms with Gasteiger partial charge in [-0.3, -0.25) is 4.79 Å². The molecule has 0 bridgehead atoms. The number of nitrogens with zero attached hydrogens (tertiary/aromatic N) is 2. The number of anilines is 1. The Morgan fingerprint density at radius 1 is 1.19 bits per heavy atom. The quantitative estimate of drug-likeness (QED) is 0.824. The van der Waals surface area contributed by atoms with Gasteiger partial charge in [0.25, 0.3) is 5.91 Å². The Labute approximate surface area is 128 Å². The highest BCUT2D eigenvalue weighted by Crippen LogP contribution is 2.21. The number of hydrogen-bond donors (Lipinski definition) is 1. The van der Waals surface area contributed by atoms with E-state index in [0.29, 0.717) is 24.3 Å². The van der Waals surface area contributed by atoms with E-state index in [1.165, 1.54) is 17.3 Å². The van der Waals surface area contributed by atoms with E-state index in [0.717, 1.165) is 12.8 Å². The lowest BCUT2D eigenvalue weighted by Gasteiger charge is -2.20. The van der Waals surface area contributed by atoms with Crippen LogP contribution in [0.2, 0.25) is 5.15 Å². The van der Waals surface area contributed by atoms with E-state index >= 15 is 0 Å². The van der Waals surface area contributed by atoms with Crippen LogP contribution in [0.25, 0.3) is 0 Å². The molecule has 1 aromatic heterocycles. The lowest BCUT2D eigenvalue weighted by molar-refractivity contribution is 0.0763. The summed E-state index contributed by atoms with van der Waals surface area (Å²) in [4.78, 5) is 18.4. The summed E-state index contributed by atoms with van der Waals surface area (Å²) in [5, 5.41) is 0.205. The number of pyridine rings is 1. The molecule has 1 aliphatic rings. The second-order valence-corrected chi connectivity index (χ2v) is 5.53. The predicted molar refractivity (Wildman–Crippen MR) is 83.4 cm³/mol. The van der Waals surface area contributed by atoms with Crippen molar-refractivity contribution < 1.29 is 4.79 Å². The Morgan fingerprint density at radius 2 is 1.81 bits per heavy atom. The number of fused-ring (bicyclic) bond motifs is 1. The lowest BCUT2D eigenvalue weighted by atomic mass is 10.0. The molecule has 0 saturated carbocycles. The number of aromatic nitrogens is 1. The van der Waals surface area contributed by atoms with Crippen LogP contribution in [0.3, 0.4) is 0 Å². The summed E-state index contributed by atoms with van der Waals surface area (Å²) in [7, 11) is 0. The molecule has 2 heterocycles. The van der Waals surface area contributed by atoms with E-state index in [-0.39, 0.29) is 11.1 Å². The normalized spacial score (nSPS) is 14.4. The Morgan fingerprint density at radius 3 is 2.43 bits per heavy atom. The number of halogens is 1. The molecule has 0 fully saturated rings. The van der Waals surface area contributed by atoms with Crippen LogP contribution < -0.4 is 5.73 Å². The zero-order chi connectivity index (χ0) is 14.8. The maximum Gasteiger partial charge on any atom is 0.257 e. The summed E-state index contributed by atoms with van der Waals surface area (Å²) < 4.78 is 0. The Balaban J connectivity index is 1.82.